The molecule has 0 spiro atoms. The topological polar surface area (TPSA) is 63.0 Å². The smallest absolute Gasteiger partial charge is 0.174 e. The Balaban J connectivity index is 1.42. The Bertz CT molecular complexity index is 911. The minimum atomic E-state index is -0.00952. The van der Waals surface area contributed by atoms with E-state index in [-0.39, 0.29) is 6.04 Å². The van der Waals surface area contributed by atoms with Gasteiger partial charge in [0.05, 0.1) is 5.69 Å². The maximum atomic E-state index is 4.69. The van der Waals surface area contributed by atoms with Crippen LogP contribution in [0.25, 0.3) is 0 Å². The Morgan fingerprint density at radius 2 is 1.90 bits per heavy atom. The summed E-state index contributed by atoms with van der Waals surface area (Å²) in [7, 11) is 0. The summed E-state index contributed by atoms with van der Waals surface area (Å²) < 4.78 is 1.97. The second kappa shape index (κ2) is 8.39. The first-order chi connectivity index (χ1) is 14.4. The zero-order valence-corrected chi connectivity index (χ0v) is 16.6. The Morgan fingerprint density at radius 3 is 2.76 bits per heavy atom. The lowest BCUT2D eigenvalue weighted by Gasteiger charge is -2.40. The first kappa shape index (κ1) is 18.4. The van der Waals surface area contributed by atoms with Gasteiger partial charge in [-0.3, -0.25) is 14.8 Å². The van der Waals surface area contributed by atoms with Crippen molar-refractivity contribution in [2.45, 2.75) is 37.9 Å². The molecule has 2 aliphatic heterocycles. The van der Waals surface area contributed by atoms with E-state index in [1.807, 2.05) is 23.0 Å². The summed E-state index contributed by atoms with van der Waals surface area (Å²) in [5.74, 6) is 0.895. The van der Waals surface area contributed by atoms with Crippen molar-refractivity contribution in [3.8, 4) is 0 Å². The fraction of sp³-hybridized carbons (Fsp3) is 0.455. The van der Waals surface area contributed by atoms with Crippen molar-refractivity contribution >= 4 is 0 Å². The van der Waals surface area contributed by atoms with E-state index in [0.717, 1.165) is 44.1 Å². The summed E-state index contributed by atoms with van der Waals surface area (Å²) >= 11 is 0. The molecule has 5 rings (SSSR count). The van der Waals surface area contributed by atoms with Gasteiger partial charge in [0, 0.05) is 38.4 Å². The molecular formula is C22H27N7. The minimum absolute atomic E-state index is 0.00952. The number of pyridine rings is 1. The molecule has 2 aromatic heterocycles. The molecule has 0 bridgehead atoms. The van der Waals surface area contributed by atoms with Gasteiger partial charge in [-0.2, -0.15) is 0 Å². The summed E-state index contributed by atoms with van der Waals surface area (Å²) in [6, 6.07) is 17.3. The monoisotopic (exact) mass is 389 g/mol. The Hall–Kier alpha value is -2.64. The number of fused-ring (bicyclic) bond motifs is 1. The van der Waals surface area contributed by atoms with Crippen LogP contribution in [0, 0.1) is 0 Å². The highest BCUT2D eigenvalue weighted by Crippen LogP contribution is 2.31. The van der Waals surface area contributed by atoms with Gasteiger partial charge in [0.15, 0.2) is 5.82 Å². The van der Waals surface area contributed by atoms with Crippen LogP contribution in [0.15, 0.2) is 54.7 Å². The van der Waals surface area contributed by atoms with Crippen LogP contribution in [0.1, 0.15) is 36.0 Å². The van der Waals surface area contributed by atoms with Crippen molar-refractivity contribution in [1.82, 2.24) is 35.0 Å². The molecule has 150 valence electrons. The molecule has 2 aliphatic rings. The first-order valence-corrected chi connectivity index (χ1v) is 10.6. The molecule has 3 aromatic rings. The molecule has 0 saturated carbocycles. The molecule has 7 heteroatoms. The summed E-state index contributed by atoms with van der Waals surface area (Å²) in [6.45, 7) is 5.18. The molecule has 2 atom stereocenters. The molecule has 2 unspecified atom stereocenters. The Morgan fingerprint density at radius 1 is 1.00 bits per heavy atom. The molecule has 0 aliphatic carbocycles. The number of aromatic nitrogens is 5. The van der Waals surface area contributed by atoms with Crippen molar-refractivity contribution in [3.63, 3.8) is 0 Å². The molecule has 2 fully saturated rings. The first-order valence-electron chi connectivity index (χ1n) is 10.6. The van der Waals surface area contributed by atoms with Gasteiger partial charge in [0.25, 0.3) is 0 Å². The van der Waals surface area contributed by atoms with Crippen LogP contribution < -0.4 is 0 Å². The maximum absolute atomic E-state index is 4.69. The number of nitrogens with zero attached hydrogens (tertiary/aromatic N) is 7. The number of tetrazole rings is 1. The lowest BCUT2D eigenvalue weighted by Crippen LogP contribution is -2.51. The second-order valence-electron chi connectivity index (χ2n) is 7.98. The van der Waals surface area contributed by atoms with Gasteiger partial charge in [-0.25, -0.2) is 4.68 Å². The number of benzene rings is 1. The normalized spacial score (nSPS) is 21.2. The van der Waals surface area contributed by atoms with E-state index >= 15 is 0 Å². The highest BCUT2D eigenvalue weighted by atomic mass is 15.6. The SMILES string of the molecule is c1ccc(CCn2nnnc2C(c2ccccn2)N2CCN3CCCC3C2)cc1. The van der Waals surface area contributed by atoms with Gasteiger partial charge in [-0.1, -0.05) is 36.4 Å². The third-order valence-corrected chi connectivity index (χ3v) is 6.21. The molecule has 2 saturated heterocycles. The van der Waals surface area contributed by atoms with Crippen LogP contribution >= 0.6 is 0 Å². The number of rotatable bonds is 6. The highest BCUT2D eigenvalue weighted by molar-refractivity contribution is 5.19. The summed E-state index contributed by atoms with van der Waals surface area (Å²) in [5.41, 5.74) is 2.32. The van der Waals surface area contributed by atoms with Crippen LogP contribution in [-0.2, 0) is 13.0 Å². The standard InChI is InChI=1S/C22H27N7/c1-2-7-18(8-3-1)11-14-29-22(24-25-26-29)21(20-10-4-5-12-23-20)28-16-15-27-13-6-9-19(27)17-28/h1-5,7-8,10,12,19,21H,6,9,11,13-17H2. The lowest BCUT2D eigenvalue weighted by atomic mass is 10.1. The Kier molecular flexibility index (Phi) is 5.32. The van der Waals surface area contributed by atoms with E-state index < -0.39 is 0 Å². The summed E-state index contributed by atoms with van der Waals surface area (Å²) in [6.07, 6.45) is 5.36. The Labute approximate surface area is 171 Å². The number of hydrogen-bond acceptors (Lipinski definition) is 6. The van der Waals surface area contributed by atoms with Crippen LogP contribution in [0.5, 0.6) is 0 Å². The third kappa shape index (κ3) is 3.93. The molecule has 0 N–H and O–H groups in total. The van der Waals surface area contributed by atoms with Gasteiger partial charge >= 0.3 is 0 Å². The van der Waals surface area contributed by atoms with Gasteiger partial charge < -0.3 is 0 Å². The van der Waals surface area contributed by atoms with Crippen molar-refractivity contribution in [1.29, 1.82) is 0 Å². The van der Waals surface area contributed by atoms with E-state index in [0.29, 0.717) is 6.04 Å². The van der Waals surface area contributed by atoms with E-state index in [1.165, 1.54) is 24.9 Å². The molecule has 1 aromatic carbocycles. The lowest BCUT2D eigenvalue weighted by molar-refractivity contribution is 0.0780. The van der Waals surface area contributed by atoms with Crippen LogP contribution in [0.4, 0.5) is 0 Å². The maximum Gasteiger partial charge on any atom is 0.174 e. The predicted octanol–water partition coefficient (Wildman–Crippen LogP) is 2.18. The van der Waals surface area contributed by atoms with Crippen LogP contribution in [0.3, 0.4) is 0 Å². The molecule has 29 heavy (non-hydrogen) atoms. The summed E-state index contributed by atoms with van der Waals surface area (Å²) in [4.78, 5) is 9.85. The van der Waals surface area contributed by atoms with Gasteiger partial charge in [-0.15, -0.1) is 5.10 Å². The zero-order chi connectivity index (χ0) is 19.5. The molecule has 7 nitrogen and oxygen atoms in total. The second-order valence-corrected chi connectivity index (χ2v) is 7.98. The highest BCUT2D eigenvalue weighted by Gasteiger charge is 2.37. The largest absolute Gasteiger partial charge is 0.298 e. The number of hydrogen-bond donors (Lipinski definition) is 0. The molecule has 0 amide bonds. The average molecular weight is 390 g/mol. The van der Waals surface area contributed by atoms with Crippen molar-refractivity contribution in [2.75, 3.05) is 26.2 Å². The van der Waals surface area contributed by atoms with Crippen LogP contribution in [-0.4, -0.2) is 67.2 Å². The molecule has 4 heterocycles. The minimum Gasteiger partial charge on any atom is -0.298 e. The summed E-state index contributed by atoms with van der Waals surface area (Å²) in [5, 5.41) is 12.8. The quantitative estimate of drug-likeness (QED) is 0.644. The van der Waals surface area contributed by atoms with Gasteiger partial charge in [0.2, 0.25) is 0 Å². The van der Waals surface area contributed by atoms with Crippen molar-refractivity contribution < 1.29 is 0 Å². The van der Waals surface area contributed by atoms with E-state index in [2.05, 4.69) is 61.7 Å². The third-order valence-electron chi connectivity index (χ3n) is 6.21. The predicted molar refractivity (Wildman–Crippen MR) is 110 cm³/mol. The van der Waals surface area contributed by atoms with E-state index in [4.69, 9.17) is 4.98 Å². The van der Waals surface area contributed by atoms with E-state index in [9.17, 15) is 0 Å². The number of piperazine rings is 1. The fourth-order valence-corrected chi connectivity index (χ4v) is 4.72. The van der Waals surface area contributed by atoms with Crippen molar-refractivity contribution in [2.24, 2.45) is 0 Å². The fourth-order valence-electron chi connectivity index (χ4n) is 4.72. The van der Waals surface area contributed by atoms with Crippen LogP contribution in [0.2, 0.25) is 0 Å². The number of aryl methyl sites for hydroxylation is 2. The molecular weight excluding hydrogens is 362 g/mol. The van der Waals surface area contributed by atoms with E-state index in [1.54, 1.807) is 0 Å². The van der Waals surface area contributed by atoms with Gasteiger partial charge in [0.1, 0.15) is 6.04 Å². The van der Waals surface area contributed by atoms with Crippen molar-refractivity contribution in [3.05, 3.63) is 71.8 Å². The zero-order valence-electron chi connectivity index (χ0n) is 16.6. The van der Waals surface area contributed by atoms with Gasteiger partial charge in [-0.05, 0) is 53.9 Å². The molecule has 0 radical (unpaired) electrons. The average Bonchev–Trinajstić information content (AvgIpc) is 3.43.